The van der Waals surface area contributed by atoms with E-state index in [1.807, 2.05) is 30.4 Å². The zero-order valence-electron chi connectivity index (χ0n) is 10.4. The molecule has 4 nitrogen and oxygen atoms in total. The van der Waals surface area contributed by atoms with Crippen molar-refractivity contribution in [2.24, 2.45) is 0 Å². The molecule has 0 radical (unpaired) electrons. The molecule has 0 amide bonds. The first kappa shape index (κ1) is 12.1. The fraction of sp³-hybridized carbons (Fsp3) is 0.214. The lowest BCUT2D eigenvalue weighted by Gasteiger charge is -2.17. The molecular weight excluding hydrogens is 228 g/mol. The van der Waals surface area contributed by atoms with Gasteiger partial charge in [0.15, 0.2) is 0 Å². The summed E-state index contributed by atoms with van der Waals surface area (Å²) in [6.45, 7) is 0.530. The highest BCUT2D eigenvalue weighted by molar-refractivity contribution is 5.73. The Balaban J connectivity index is 2.42. The van der Waals surface area contributed by atoms with Gasteiger partial charge in [0.05, 0.1) is 26.8 Å². The molecule has 1 aromatic rings. The van der Waals surface area contributed by atoms with Crippen LogP contribution in [0, 0.1) is 11.3 Å². The number of nitrogens with one attached hydrogen (secondary N) is 1. The Labute approximate surface area is 106 Å². The van der Waals surface area contributed by atoms with Gasteiger partial charge in [-0.1, -0.05) is 0 Å². The van der Waals surface area contributed by atoms with E-state index in [4.69, 9.17) is 14.7 Å². The van der Waals surface area contributed by atoms with Crippen LogP contribution < -0.4 is 14.8 Å². The lowest BCUT2D eigenvalue weighted by Crippen LogP contribution is -2.18. The fourth-order valence-electron chi connectivity index (χ4n) is 1.78. The Kier molecular flexibility index (Phi) is 3.54. The lowest BCUT2D eigenvalue weighted by molar-refractivity contribution is 0.402. The molecule has 0 spiro atoms. The normalized spacial score (nSPS) is 13.8. The van der Waals surface area contributed by atoms with Crippen LogP contribution in [0.4, 0.5) is 0 Å². The highest BCUT2D eigenvalue weighted by Gasteiger charge is 2.12. The number of methoxy groups -OCH3 is 2. The van der Waals surface area contributed by atoms with Gasteiger partial charge >= 0.3 is 0 Å². The molecule has 1 aliphatic rings. The minimum absolute atomic E-state index is 0.530. The SMILES string of the molecule is COc1ccc(OC)c(C2=CC=C(C#N)CN2)c1. The summed E-state index contributed by atoms with van der Waals surface area (Å²) in [5.41, 5.74) is 2.55. The second kappa shape index (κ2) is 5.28. The highest BCUT2D eigenvalue weighted by atomic mass is 16.5. The first-order chi connectivity index (χ1) is 8.78. The Morgan fingerprint density at radius 1 is 1.22 bits per heavy atom. The predicted octanol–water partition coefficient (Wildman–Crippen LogP) is 2.10. The van der Waals surface area contributed by atoms with E-state index in [2.05, 4.69) is 11.4 Å². The Bertz CT molecular complexity index is 553. The van der Waals surface area contributed by atoms with Gasteiger partial charge in [-0.15, -0.1) is 0 Å². The molecule has 2 rings (SSSR count). The van der Waals surface area contributed by atoms with Crippen LogP contribution >= 0.6 is 0 Å². The third kappa shape index (κ3) is 2.30. The average Bonchev–Trinajstić information content (AvgIpc) is 2.46. The van der Waals surface area contributed by atoms with Gasteiger partial charge in [-0.2, -0.15) is 5.26 Å². The molecule has 0 atom stereocenters. The lowest BCUT2D eigenvalue weighted by atomic mass is 10.1. The van der Waals surface area contributed by atoms with Crippen LogP contribution in [0.3, 0.4) is 0 Å². The first-order valence-corrected chi connectivity index (χ1v) is 5.55. The van der Waals surface area contributed by atoms with Gasteiger partial charge in [0, 0.05) is 16.8 Å². The number of hydrogen-bond acceptors (Lipinski definition) is 4. The summed E-state index contributed by atoms with van der Waals surface area (Å²) in [4.78, 5) is 0. The molecule has 1 heterocycles. The molecule has 1 N–H and O–H groups in total. The van der Waals surface area contributed by atoms with Crippen molar-refractivity contribution in [2.75, 3.05) is 20.8 Å². The Hall–Kier alpha value is -2.41. The van der Waals surface area contributed by atoms with Gasteiger partial charge in [0.2, 0.25) is 0 Å². The molecule has 92 valence electrons. The van der Waals surface area contributed by atoms with Crippen molar-refractivity contribution < 1.29 is 9.47 Å². The molecule has 0 unspecified atom stereocenters. The minimum Gasteiger partial charge on any atom is -0.497 e. The second-order valence-electron chi connectivity index (χ2n) is 3.80. The van der Waals surface area contributed by atoms with Crippen LogP contribution in [0.25, 0.3) is 5.70 Å². The molecule has 1 aromatic carbocycles. The van der Waals surface area contributed by atoms with Gasteiger partial charge in [0.1, 0.15) is 11.5 Å². The van der Waals surface area contributed by atoms with Crippen LogP contribution in [0.2, 0.25) is 0 Å². The average molecular weight is 242 g/mol. The third-order valence-corrected chi connectivity index (χ3v) is 2.76. The molecule has 4 heteroatoms. The van der Waals surface area contributed by atoms with Crippen molar-refractivity contribution in [1.29, 1.82) is 5.26 Å². The van der Waals surface area contributed by atoms with Gasteiger partial charge in [0.25, 0.3) is 0 Å². The zero-order valence-corrected chi connectivity index (χ0v) is 10.4. The van der Waals surface area contributed by atoms with Crippen LogP contribution in [-0.2, 0) is 0 Å². The van der Waals surface area contributed by atoms with Crippen molar-refractivity contribution in [3.8, 4) is 17.6 Å². The van der Waals surface area contributed by atoms with Gasteiger partial charge in [-0.3, -0.25) is 0 Å². The van der Waals surface area contributed by atoms with E-state index in [1.54, 1.807) is 14.2 Å². The summed E-state index contributed by atoms with van der Waals surface area (Å²) in [6.07, 6.45) is 3.68. The smallest absolute Gasteiger partial charge is 0.128 e. The summed E-state index contributed by atoms with van der Waals surface area (Å²) in [6, 6.07) is 7.74. The molecular formula is C14H14N2O2. The number of dihydropyridines is 1. The fourth-order valence-corrected chi connectivity index (χ4v) is 1.78. The summed E-state index contributed by atoms with van der Waals surface area (Å²) >= 11 is 0. The van der Waals surface area contributed by atoms with E-state index >= 15 is 0 Å². The molecule has 0 aliphatic carbocycles. The van der Waals surface area contributed by atoms with Gasteiger partial charge in [-0.05, 0) is 30.4 Å². The van der Waals surface area contributed by atoms with E-state index in [0.717, 1.165) is 22.8 Å². The van der Waals surface area contributed by atoms with Crippen molar-refractivity contribution in [1.82, 2.24) is 5.32 Å². The zero-order chi connectivity index (χ0) is 13.0. The molecule has 0 fully saturated rings. The van der Waals surface area contributed by atoms with Gasteiger partial charge < -0.3 is 14.8 Å². The summed E-state index contributed by atoms with van der Waals surface area (Å²) < 4.78 is 10.5. The molecule has 0 aromatic heterocycles. The minimum atomic E-state index is 0.530. The maximum atomic E-state index is 8.80. The molecule has 18 heavy (non-hydrogen) atoms. The van der Waals surface area contributed by atoms with Crippen LogP contribution in [0.15, 0.2) is 35.9 Å². The quantitative estimate of drug-likeness (QED) is 0.881. The number of nitriles is 1. The number of ether oxygens (including phenoxy) is 2. The molecule has 0 saturated carbocycles. The van der Waals surface area contributed by atoms with Crippen molar-refractivity contribution in [3.05, 3.63) is 41.5 Å². The van der Waals surface area contributed by atoms with Crippen LogP contribution in [0.5, 0.6) is 11.5 Å². The summed E-state index contributed by atoms with van der Waals surface area (Å²) in [7, 11) is 3.26. The number of hydrogen-bond donors (Lipinski definition) is 1. The third-order valence-electron chi connectivity index (χ3n) is 2.76. The van der Waals surface area contributed by atoms with E-state index in [0.29, 0.717) is 12.1 Å². The maximum Gasteiger partial charge on any atom is 0.128 e. The largest absolute Gasteiger partial charge is 0.497 e. The van der Waals surface area contributed by atoms with E-state index < -0.39 is 0 Å². The first-order valence-electron chi connectivity index (χ1n) is 5.55. The summed E-state index contributed by atoms with van der Waals surface area (Å²) in [5, 5.41) is 12.0. The van der Waals surface area contributed by atoms with E-state index in [-0.39, 0.29) is 0 Å². The maximum absolute atomic E-state index is 8.80. The number of allylic oxidation sites excluding steroid dienone is 2. The van der Waals surface area contributed by atoms with E-state index in [1.165, 1.54) is 0 Å². The Morgan fingerprint density at radius 3 is 2.61 bits per heavy atom. The van der Waals surface area contributed by atoms with E-state index in [9.17, 15) is 0 Å². The summed E-state index contributed by atoms with van der Waals surface area (Å²) in [5.74, 6) is 1.53. The van der Waals surface area contributed by atoms with Crippen LogP contribution in [-0.4, -0.2) is 20.8 Å². The molecule has 0 bridgehead atoms. The number of benzene rings is 1. The van der Waals surface area contributed by atoms with Crippen molar-refractivity contribution >= 4 is 5.70 Å². The number of nitrogens with zero attached hydrogens (tertiary/aromatic N) is 1. The number of rotatable bonds is 3. The second-order valence-corrected chi connectivity index (χ2v) is 3.80. The topological polar surface area (TPSA) is 54.3 Å². The predicted molar refractivity (Wildman–Crippen MR) is 69.2 cm³/mol. The Morgan fingerprint density at radius 2 is 2.06 bits per heavy atom. The van der Waals surface area contributed by atoms with Crippen molar-refractivity contribution in [3.63, 3.8) is 0 Å². The van der Waals surface area contributed by atoms with Crippen LogP contribution in [0.1, 0.15) is 5.56 Å². The molecule has 1 aliphatic heterocycles. The van der Waals surface area contributed by atoms with Gasteiger partial charge in [-0.25, -0.2) is 0 Å². The van der Waals surface area contributed by atoms with Crippen molar-refractivity contribution in [2.45, 2.75) is 0 Å². The monoisotopic (exact) mass is 242 g/mol. The highest BCUT2D eigenvalue weighted by Crippen LogP contribution is 2.29. The molecule has 0 saturated heterocycles. The standard InChI is InChI=1S/C14H14N2O2/c1-17-11-4-6-14(18-2)12(7-11)13-5-3-10(8-15)9-16-13/h3-7,16H,9H2,1-2H3.